The summed E-state index contributed by atoms with van der Waals surface area (Å²) in [5.74, 6) is 0. The molecule has 1 aliphatic rings. The van der Waals surface area contributed by atoms with Gasteiger partial charge in [-0.2, -0.15) is 0 Å². The molecule has 120 valence electrons. The minimum Gasteiger partial charge on any atom is -0.368 e. The molecule has 1 aromatic heterocycles. The van der Waals surface area contributed by atoms with E-state index in [2.05, 4.69) is 26.9 Å². The van der Waals surface area contributed by atoms with Gasteiger partial charge in [0.25, 0.3) is 5.69 Å². The number of rotatable bonds is 3. The number of anilines is 2. The Labute approximate surface area is 135 Å². The Morgan fingerprint density at radius 2 is 1.39 bits per heavy atom. The van der Waals surface area contributed by atoms with Crippen LogP contribution >= 0.6 is 0 Å². The third-order valence-electron chi connectivity index (χ3n) is 4.14. The van der Waals surface area contributed by atoms with Gasteiger partial charge in [-0.1, -0.05) is 0 Å². The van der Waals surface area contributed by atoms with Crippen LogP contribution in [0.2, 0.25) is 0 Å². The number of hydrogen-bond acceptors (Lipinski definition) is 5. The van der Waals surface area contributed by atoms with Gasteiger partial charge in [-0.25, -0.2) is 0 Å². The number of piperazine rings is 1. The van der Waals surface area contributed by atoms with E-state index < -0.39 is 0 Å². The molecular weight excluding hydrogens is 292 g/mol. The topological polar surface area (TPSA) is 62.5 Å². The Bertz CT molecular complexity index is 687. The van der Waals surface area contributed by atoms with Crippen molar-refractivity contribution in [1.29, 1.82) is 0 Å². The molecule has 1 fully saturated rings. The zero-order valence-electron chi connectivity index (χ0n) is 13.4. The molecular formula is C17H20N4O2. The average molecular weight is 312 g/mol. The van der Waals surface area contributed by atoms with Gasteiger partial charge < -0.3 is 9.80 Å². The Morgan fingerprint density at radius 1 is 0.913 bits per heavy atom. The van der Waals surface area contributed by atoms with Gasteiger partial charge >= 0.3 is 0 Å². The maximum absolute atomic E-state index is 10.7. The lowest BCUT2D eigenvalue weighted by atomic mass is 10.2. The van der Waals surface area contributed by atoms with E-state index in [0.29, 0.717) is 0 Å². The minimum absolute atomic E-state index is 0.134. The first-order chi connectivity index (χ1) is 11.0. The largest absolute Gasteiger partial charge is 0.368 e. The highest BCUT2D eigenvalue weighted by atomic mass is 16.6. The first-order valence-electron chi connectivity index (χ1n) is 7.72. The summed E-state index contributed by atoms with van der Waals surface area (Å²) >= 11 is 0. The first-order valence-corrected chi connectivity index (χ1v) is 7.72. The SMILES string of the molecule is Cc1cc(N2CCN(c3ccc([N+](=O)[O-])cc3)CC2)cc(C)n1. The minimum atomic E-state index is -0.365. The zero-order chi connectivity index (χ0) is 16.4. The maximum atomic E-state index is 10.7. The van der Waals surface area contributed by atoms with Crippen LogP contribution < -0.4 is 9.80 Å². The van der Waals surface area contributed by atoms with Crippen molar-refractivity contribution >= 4 is 17.1 Å². The van der Waals surface area contributed by atoms with Gasteiger partial charge in [0, 0.05) is 61.1 Å². The smallest absolute Gasteiger partial charge is 0.269 e. The number of pyridine rings is 1. The lowest BCUT2D eigenvalue weighted by molar-refractivity contribution is -0.384. The van der Waals surface area contributed by atoms with Crippen LogP contribution in [-0.2, 0) is 0 Å². The Kier molecular flexibility index (Phi) is 4.14. The molecule has 0 aliphatic carbocycles. The van der Waals surface area contributed by atoms with Crippen molar-refractivity contribution in [2.75, 3.05) is 36.0 Å². The Balaban J connectivity index is 1.67. The fourth-order valence-electron chi connectivity index (χ4n) is 3.00. The molecule has 0 atom stereocenters. The second-order valence-corrected chi connectivity index (χ2v) is 5.86. The highest BCUT2D eigenvalue weighted by Gasteiger charge is 2.18. The molecule has 1 aromatic carbocycles. The van der Waals surface area contributed by atoms with Gasteiger partial charge in [-0.3, -0.25) is 15.1 Å². The lowest BCUT2D eigenvalue weighted by Crippen LogP contribution is -2.46. The molecule has 2 heterocycles. The van der Waals surface area contributed by atoms with E-state index in [9.17, 15) is 10.1 Å². The maximum Gasteiger partial charge on any atom is 0.269 e. The van der Waals surface area contributed by atoms with E-state index in [1.54, 1.807) is 12.1 Å². The standard InChI is InChI=1S/C17H20N4O2/c1-13-11-17(12-14(2)18-13)20-9-7-19(8-10-20)15-3-5-16(6-4-15)21(22)23/h3-6,11-12H,7-10H2,1-2H3. The van der Waals surface area contributed by atoms with Gasteiger partial charge in [0.2, 0.25) is 0 Å². The summed E-state index contributed by atoms with van der Waals surface area (Å²) in [5.41, 5.74) is 4.47. The quantitative estimate of drug-likeness (QED) is 0.644. The van der Waals surface area contributed by atoms with E-state index in [1.807, 2.05) is 26.0 Å². The van der Waals surface area contributed by atoms with Crippen molar-refractivity contribution in [3.05, 3.63) is 57.9 Å². The number of nitro groups is 1. The van der Waals surface area contributed by atoms with Crippen molar-refractivity contribution < 1.29 is 4.92 Å². The summed E-state index contributed by atoms with van der Waals surface area (Å²) < 4.78 is 0. The lowest BCUT2D eigenvalue weighted by Gasteiger charge is -2.37. The molecule has 0 radical (unpaired) electrons. The number of benzene rings is 1. The van der Waals surface area contributed by atoms with Crippen LogP contribution in [0.1, 0.15) is 11.4 Å². The van der Waals surface area contributed by atoms with Crippen molar-refractivity contribution in [3.63, 3.8) is 0 Å². The summed E-state index contributed by atoms with van der Waals surface area (Å²) in [4.78, 5) is 19.4. The van der Waals surface area contributed by atoms with Crippen molar-refractivity contribution in [2.45, 2.75) is 13.8 Å². The molecule has 1 saturated heterocycles. The van der Waals surface area contributed by atoms with Gasteiger partial charge in [0.15, 0.2) is 0 Å². The van der Waals surface area contributed by atoms with Crippen LogP contribution in [-0.4, -0.2) is 36.1 Å². The number of aromatic nitrogens is 1. The second-order valence-electron chi connectivity index (χ2n) is 5.86. The predicted molar refractivity (Wildman–Crippen MR) is 91.2 cm³/mol. The molecule has 0 amide bonds. The summed E-state index contributed by atoms with van der Waals surface area (Å²) in [5, 5.41) is 10.7. The summed E-state index contributed by atoms with van der Waals surface area (Å²) in [6, 6.07) is 11.0. The molecule has 0 bridgehead atoms. The zero-order valence-corrected chi connectivity index (χ0v) is 13.4. The molecule has 23 heavy (non-hydrogen) atoms. The molecule has 0 saturated carbocycles. The van der Waals surface area contributed by atoms with Gasteiger partial charge in [-0.05, 0) is 38.1 Å². The van der Waals surface area contributed by atoms with E-state index in [-0.39, 0.29) is 10.6 Å². The fraction of sp³-hybridized carbons (Fsp3) is 0.353. The molecule has 2 aromatic rings. The fourth-order valence-corrected chi connectivity index (χ4v) is 3.00. The molecule has 6 heteroatoms. The Hall–Kier alpha value is -2.63. The van der Waals surface area contributed by atoms with Crippen LogP contribution in [0, 0.1) is 24.0 Å². The number of nitro benzene ring substituents is 1. The highest BCUT2D eigenvalue weighted by molar-refractivity contribution is 5.54. The van der Waals surface area contributed by atoms with Crippen LogP contribution in [0.25, 0.3) is 0 Å². The molecule has 0 unspecified atom stereocenters. The number of hydrogen-bond donors (Lipinski definition) is 0. The van der Waals surface area contributed by atoms with Gasteiger partial charge in [0.1, 0.15) is 0 Å². The summed E-state index contributed by atoms with van der Waals surface area (Å²) in [6.45, 7) is 7.70. The van der Waals surface area contributed by atoms with E-state index in [1.165, 1.54) is 5.69 Å². The van der Waals surface area contributed by atoms with Crippen LogP contribution in [0.3, 0.4) is 0 Å². The van der Waals surface area contributed by atoms with Gasteiger partial charge in [0.05, 0.1) is 4.92 Å². The van der Waals surface area contributed by atoms with Crippen LogP contribution in [0.15, 0.2) is 36.4 Å². The van der Waals surface area contributed by atoms with E-state index >= 15 is 0 Å². The molecule has 3 rings (SSSR count). The average Bonchev–Trinajstić information content (AvgIpc) is 2.54. The number of nitrogens with zero attached hydrogens (tertiary/aromatic N) is 4. The van der Waals surface area contributed by atoms with E-state index in [0.717, 1.165) is 43.3 Å². The molecule has 0 spiro atoms. The van der Waals surface area contributed by atoms with Crippen molar-refractivity contribution in [2.24, 2.45) is 0 Å². The third-order valence-corrected chi connectivity index (χ3v) is 4.14. The Morgan fingerprint density at radius 3 is 1.87 bits per heavy atom. The summed E-state index contributed by atoms with van der Waals surface area (Å²) in [7, 11) is 0. The van der Waals surface area contributed by atoms with Crippen LogP contribution in [0.5, 0.6) is 0 Å². The van der Waals surface area contributed by atoms with Crippen molar-refractivity contribution in [3.8, 4) is 0 Å². The monoisotopic (exact) mass is 312 g/mol. The molecule has 0 N–H and O–H groups in total. The predicted octanol–water partition coefficient (Wildman–Crippen LogP) is 2.93. The van der Waals surface area contributed by atoms with E-state index in [4.69, 9.17) is 0 Å². The highest BCUT2D eigenvalue weighted by Crippen LogP contribution is 2.23. The second kappa shape index (κ2) is 6.24. The molecule has 6 nitrogen and oxygen atoms in total. The van der Waals surface area contributed by atoms with Gasteiger partial charge in [-0.15, -0.1) is 0 Å². The normalized spacial score (nSPS) is 14.9. The third kappa shape index (κ3) is 3.41. The number of non-ortho nitro benzene ring substituents is 1. The number of aryl methyl sites for hydroxylation is 2. The molecule has 1 aliphatic heterocycles. The first kappa shape index (κ1) is 15.3. The van der Waals surface area contributed by atoms with Crippen molar-refractivity contribution in [1.82, 2.24) is 4.98 Å². The summed E-state index contributed by atoms with van der Waals surface area (Å²) in [6.07, 6.45) is 0. The van der Waals surface area contributed by atoms with Crippen LogP contribution in [0.4, 0.5) is 17.1 Å².